The van der Waals surface area contributed by atoms with E-state index >= 15 is 0 Å². The summed E-state index contributed by atoms with van der Waals surface area (Å²) in [6, 6.07) is 0. The van der Waals surface area contributed by atoms with Gasteiger partial charge in [-0.2, -0.15) is 0 Å². The second-order valence-electron chi connectivity index (χ2n) is 8.29. The van der Waals surface area contributed by atoms with Crippen molar-refractivity contribution in [3.05, 3.63) is 0 Å². The topological polar surface area (TPSA) is 133 Å². The molecule has 0 unspecified atom stereocenters. The van der Waals surface area contributed by atoms with E-state index in [0.29, 0.717) is 119 Å². The smallest absolute Gasteiger partial charge is 0.305 e. The van der Waals surface area contributed by atoms with Gasteiger partial charge in [0.2, 0.25) is 0 Å². The van der Waals surface area contributed by atoms with E-state index in [-0.39, 0.29) is 13.0 Å². The van der Waals surface area contributed by atoms with E-state index in [1.54, 1.807) is 0 Å². The average molecular weight is 586 g/mol. The zero-order valence-electron chi connectivity index (χ0n) is 24.9. The Bertz CT molecular complexity index is 500. The lowest BCUT2D eigenvalue weighted by atomic mass is 10.5. The van der Waals surface area contributed by atoms with E-state index in [0.717, 1.165) is 26.2 Å². The lowest BCUT2D eigenvalue weighted by Crippen LogP contribution is -2.27. The highest BCUT2D eigenvalue weighted by Gasteiger charge is 1.99. The van der Waals surface area contributed by atoms with E-state index in [9.17, 15) is 4.79 Å². The first-order valence-corrected chi connectivity index (χ1v) is 14.4. The molecule has 0 radical (unpaired) electrons. The van der Waals surface area contributed by atoms with Crippen molar-refractivity contribution in [3.63, 3.8) is 0 Å². The number of rotatable bonds is 35. The van der Waals surface area contributed by atoms with Gasteiger partial charge in [-0.1, -0.05) is 13.8 Å². The molecule has 0 aromatic carbocycles. The fourth-order valence-electron chi connectivity index (χ4n) is 2.97. The third-order valence-corrected chi connectivity index (χ3v) is 5.25. The van der Waals surface area contributed by atoms with Gasteiger partial charge >= 0.3 is 5.97 Å². The zero-order chi connectivity index (χ0) is 29.2. The Kier molecular flexibility index (Phi) is 33.4. The molecule has 0 aromatic heterocycles. The Balaban J connectivity index is 3.06. The van der Waals surface area contributed by atoms with Crippen molar-refractivity contribution >= 4 is 5.97 Å². The lowest BCUT2D eigenvalue weighted by molar-refractivity contribution is -0.138. The summed E-state index contributed by atoms with van der Waals surface area (Å²) in [4.78, 5) is 12.6. The van der Waals surface area contributed by atoms with Crippen molar-refractivity contribution in [2.45, 2.75) is 20.3 Å². The molecule has 0 atom stereocenters. The first-order valence-electron chi connectivity index (χ1n) is 14.4. The zero-order valence-corrected chi connectivity index (χ0v) is 24.9. The summed E-state index contributed by atoms with van der Waals surface area (Å²) >= 11 is 0. The molecule has 0 aliphatic rings. The molecule has 0 aromatic rings. The molecule has 13 nitrogen and oxygen atoms in total. The lowest BCUT2D eigenvalue weighted by Gasteiger charge is -2.17. The molecule has 0 aliphatic carbocycles. The van der Waals surface area contributed by atoms with Crippen molar-refractivity contribution in [3.8, 4) is 0 Å². The van der Waals surface area contributed by atoms with Gasteiger partial charge in [0.05, 0.1) is 139 Å². The summed E-state index contributed by atoms with van der Waals surface area (Å²) in [5.41, 5.74) is 0. The Morgan fingerprint density at radius 3 is 0.875 bits per heavy atom. The second-order valence-corrected chi connectivity index (χ2v) is 8.29. The molecule has 0 spiro atoms. The maximum absolute atomic E-state index is 10.3. The third-order valence-electron chi connectivity index (χ3n) is 5.25. The van der Waals surface area contributed by atoms with Gasteiger partial charge < -0.3 is 57.4 Å². The van der Waals surface area contributed by atoms with Crippen LogP contribution in [0.4, 0.5) is 0 Å². The van der Waals surface area contributed by atoms with Crippen LogP contribution in [0.2, 0.25) is 0 Å². The number of likely N-dealkylation sites (N-methyl/N-ethyl adjacent to an activating group) is 1. The molecular weight excluding hydrogens is 530 g/mol. The Labute approximate surface area is 240 Å². The molecule has 0 saturated carbocycles. The molecule has 0 aliphatic heterocycles. The van der Waals surface area contributed by atoms with Crippen LogP contribution >= 0.6 is 0 Å². The summed E-state index contributed by atoms with van der Waals surface area (Å²) in [7, 11) is 0. The molecule has 40 heavy (non-hydrogen) atoms. The molecule has 240 valence electrons. The van der Waals surface area contributed by atoms with Crippen molar-refractivity contribution < 1.29 is 57.3 Å². The van der Waals surface area contributed by atoms with Gasteiger partial charge in [0.25, 0.3) is 0 Å². The van der Waals surface area contributed by atoms with Crippen LogP contribution in [0.15, 0.2) is 0 Å². The minimum atomic E-state index is -0.871. The summed E-state index contributed by atoms with van der Waals surface area (Å²) < 4.78 is 54.1. The van der Waals surface area contributed by atoms with E-state index in [2.05, 4.69) is 18.7 Å². The first kappa shape index (κ1) is 39.0. The molecule has 1 N–H and O–H groups in total. The molecule has 0 heterocycles. The highest BCUT2D eigenvalue weighted by molar-refractivity contribution is 5.66. The summed E-state index contributed by atoms with van der Waals surface area (Å²) in [6.07, 6.45) is 0.00155. The molecule has 0 bridgehead atoms. The first-order chi connectivity index (χ1) is 19.7. The van der Waals surface area contributed by atoms with E-state index < -0.39 is 5.97 Å². The van der Waals surface area contributed by atoms with Crippen LogP contribution in [-0.2, 0) is 52.2 Å². The predicted molar refractivity (Wildman–Crippen MR) is 148 cm³/mol. The van der Waals surface area contributed by atoms with Crippen LogP contribution in [0.5, 0.6) is 0 Å². The quantitative estimate of drug-likeness (QED) is 0.106. The number of hydrogen-bond donors (Lipinski definition) is 1. The predicted octanol–water partition coefficient (Wildman–Crippen LogP) is 0.969. The molecule has 0 saturated heterocycles. The standard InChI is InChI=1S/C27H55NO12/c1-3-28(4-2)6-8-32-10-12-34-14-16-36-18-20-38-22-24-40-26-25-39-23-21-37-19-17-35-15-13-33-11-9-31-7-5-27(29)30/h3-26H2,1-2H3,(H,29,30). The van der Waals surface area contributed by atoms with Gasteiger partial charge in [-0.15, -0.1) is 0 Å². The number of carbonyl (C=O) groups is 1. The van der Waals surface area contributed by atoms with Gasteiger partial charge in [0, 0.05) is 6.54 Å². The third kappa shape index (κ3) is 33.2. The summed E-state index contributed by atoms with van der Waals surface area (Å²) in [5, 5.41) is 8.47. The summed E-state index contributed by atoms with van der Waals surface area (Å²) in [6.45, 7) is 17.3. The van der Waals surface area contributed by atoms with E-state index in [4.69, 9.17) is 52.5 Å². The minimum Gasteiger partial charge on any atom is -0.481 e. The monoisotopic (exact) mass is 585 g/mol. The van der Waals surface area contributed by atoms with Crippen LogP contribution in [0.1, 0.15) is 20.3 Å². The van der Waals surface area contributed by atoms with Gasteiger partial charge in [0.15, 0.2) is 0 Å². The van der Waals surface area contributed by atoms with Crippen molar-refractivity contribution in [1.29, 1.82) is 0 Å². The Hall–Kier alpha value is -0.970. The van der Waals surface area contributed by atoms with Gasteiger partial charge in [-0.3, -0.25) is 4.79 Å². The molecule has 0 amide bonds. The van der Waals surface area contributed by atoms with E-state index in [1.807, 2.05) is 0 Å². The maximum Gasteiger partial charge on any atom is 0.305 e. The van der Waals surface area contributed by atoms with Crippen LogP contribution in [-0.4, -0.2) is 168 Å². The molecular formula is C27H55NO12. The second kappa shape index (κ2) is 34.2. The van der Waals surface area contributed by atoms with Gasteiger partial charge in [-0.25, -0.2) is 0 Å². The largest absolute Gasteiger partial charge is 0.481 e. The maximum atomic E-state index is 10.3. The number of nitrogens with zero attached hydrogens (tertiary/aromatic N) is 1. The number of carboxylic acids is 1. The fraction of sp³-hybridized carbons (Fsp3) is 0.963. The number of aliphatic carboxylic acids is 1. The van der Waals surface area contributed by atoms with E-state index in [1.165, 1.54) is 0 Å². The van der Waals surface area contributed by atoms with Crippen LogP contribution < -0.4 is 0 Å². The molecule has 0 fully saturated rings. The fourth-order valence-corrected chi connectivity index (χ4v) is 2.97. The van der Waals surface area contributed by atoms with Crippen molar-refractivity contribution in [2.24, 2.45) is 0 Å². The SMILES string of the molecule is CCN(CC)CCOCCOCCOCCOCCOCCOCCOCCOCCOCCOCCC(=O)O. The summed E-state index contributed by atoms with van der Waals surface area (Å²) in [5.74, 6) is -0.871. The highest BCUT2D eigenvalue weighted by atomic mass is 16.6. The number of carboxylic acid groups (broad SMARTS) is 1. The van der Waals surface area contributed by atoms with Gasteiger partial charge in [0.1, 0.15) is 0 Å². The Morgan fingerprint density at radius 2 is 0.650 bits per heavy atom. The van der Waals surface area contributed by atoms with Gasteiger partial charge in [-0.05, 0) is 13.1 Å². The van der Waals surface area contributed by atoms with Crippen LogP contribution in [0, 0.1) is 0 Å². The highest BCUT2D eigenvalue weighted by Crippen LogP contribution is 1.89. The number of ether oxygens (including phenoxy) is 10. The van der Waals surface area contributed by atoms with Crippen LogP contribution in [0.25, 0.3) is 0 Å². The number of hydrogen-bond acceptors (Lipinski definition) is 12. The average Bonchev–Trinajstić information content (AvgIpc) is 2.95. The van der Waals surface area contributed by atoms with Crippen molar-refractivity contribution in [1.82, 2.24) is 4.90 Å². The molecule has 0 rings (SSSR count). The normalized spacial score (nSPS) is 11.6. The van der Waals surface area contributed by atoms with Crippen LogP contribution in [0.3, 0.4) is 0 Å². The minimum absolute atomic E-state index is 0.00155. The molecule has 13 heteroatoms. The Morgan fingerprint density at radius 1 is 0.425 bits per heavy atom. The van der Waals surface area contributed by atoms with Crippen molar-refractivity contribution in [2.75, 3.05) is 152 Å².